The van der Waals surface area contributed by atoms with Crippen LogP contribution in [0.3, 0.4) is 0 Å². The van der Waals surface area contributed by atoms with Gasteiger partial charge in [-0.15, -0.1) is 0 Å². The molecule has 0 bridgehead atoms. The summed E-state index contributed by atoms with van der Waals surface area (Å²) in [6, 6.07) is 5.07. The van der Waals surface area contributed by atoms with Crippen LogP contribution in [0.4, 0.5) is 5.69 Å². The van der Waals surface area contributed by atoms with Gasteiger partial charge in [0.2, 0.25) is 0 Å². The van der Waals surface area contributed by atoms with Crippen LogP contribution < -0.4 is 10.1 Å². The van der Waals surface area contributed by atoms with E-state index < -0.39 is 11.9 Å². The lowest BCUT2D eigenvalue weighted by Crippen LogP contribution is -2.32. The average molecular weight is 265 g/mol. The highest BCUT2D eigenvalue weighted by molar-refractivity contribution is 5.95. The van der Waals surface area contributed by atoms with Crippen LogP contribution in [0.25, 0.3) is 0 Å². The largest absolute Gasteiger partial charge is 0.488 e. The Bertz CT molecular complexity index is 500. The first kappa shape index (κ1) is 13.2. The molecule has 1 unspecified atom stereocenters. The molecule has 1 aliphatic rings. The quantitative estimate of drug-likeness (QED) is 0.803. The van der Waals surface area contributed by atoms with Crippen molar-refractivity contribution < 1.29 is 24.2 Å². The highest BCUT2D eigenvalue weighted by Crippen LogP contribution is 2.33. The summed E-state index contributed by atoms with van der Waals surface area (Å²) in [6.45, 7) is 0.328. The van der Waals surface area contributed by atoms with Crippen LogP contribution in [-0.4, -0.2) is 36.8 Å². The van der Waals surface area contributed by atoms with Crippen LogP contribution in [0.15, 0.2) is 18.2 Å². The number of nitrogens with one attached hydrogen (secondary N) is 1. The molecule has 0 radical (unpaired) electrons. The number of para-hydroxylation sites is 1. The Morgan fingerprint density at radius 3 is 3.00 bits per heavy atom. The molecule has 0 spiro atoms. The highest BCUT2D eigenvalue weighted by atomic mass is 16.5. The zero-order chi connectivity index (χ0) is 13.8. The summed E-state index contributed by atoms with van der Waals surface area (Å²) in [6.07, 6.45) is 0.546. The van der Waals surface area contributed by atoms with Crippen molar-refractivity contribution in [3.63, 3.8) is 0 Å². The summed E-state index contributed by atoms with van der Waals surface area (Å²) in [5.41, 5.74) is 1.05. The van der Waals surface area contributed by atoms with Crippen molar-refractivity contribution in [1.82, 2.24) is 0 Å². The number of hydrogen-bond acceptors (Lipinski definition) is 5. The van der Waals surface area contributed by atoms with Crippen LogP contribution >= 0.6 is 0 Å². The number of hydrogen-bond donors (Lipinski definition) is 2. The van der Waals surface area contributed by atoms with E-state index >= 15 is 0 Å². The van der Waals surface area contributed by atoms with E-state index in [2.05, 4.69) is 10.1 Å². The summed E-state index contributed by atoms with van der Waals surface area (Å²) in [5.74, 6) is -0.834. The predicted molar refractivity (Wildman–Crippen MR) is 67.6 cm³/mol. The topological polar surface area (TPSA) is 84.9 Å². The van der Waals surface area contributed by atoms with Gasteiger partial charge in [0.25, 0.3) is 0 Å². The molecular weight excluding hydrogens is 250 g/mol. The number of carbonyl (C=O) groups excluding carboxylic acids is 1. The number of esters is 1. The molecule has 0 saturated heterocycles. The Labute approximate surface area is 110 Å². The van der Waals surface area contributed by atoms with Gasteiger partial charge >= 0.3 is 11.9 Å². The molecule has 0 aliphatic carbocycles. The van der Waals surface area contributed by atoms with E-state index in [1.54, 1.807) is 18.2 Å². The number of methoxy groups -OCH3 is 1. The lowest BCUT2D eigenvalue weighted by atomic mass is 10.1. The molecule has 6 heteroatoms. The van der Waals surface area contributed by atoms with Crippen molar-refractivity contribution in [2.45, 2.75) is 18.9 Å². The Hall–Kier alpha value is -2.24. The molecule has 0 aromatic heterocycles. The van der Waals surface area contributed by atoms with Crippen LogP contribution in [-0.2, 0) is 9.53 Å². The van der Waals surface area contributed by atoms with Gasteiger partial charge in [-0.25, -0.2) is 4.79 Å². The van der Waals surface area contributed by atoms with Crippen LogP contribution in [0.1, 0.15) is 23.2 Å². The molecule has 19 heavy (non-hydrogen) atoms. The summed E-state index contributed by atoms with van der Waals surface area (Å²) in [4.78, 5) is 22.1. The van der Waals surface area contributed by atoms with Gasteiger partial charge in [-0.1, -0.05) is 6.07 Å². The Morgan fingerprint density at radius 2 is 2.32 bits per heavy atom. The number of carboxylic acid groups (broad SMARTS) is 1. The standard InChI is InChI=1S/C13H15NO5/c1-18-13(17)9-3-2-4-10-12(9)19-7-8(14-10)5-6-11(15)16/h2-4,8,14H,5-7H2,1H3,(H,15,16). The Morgan fingerprint density at radius 1 is 1.53 bits per heavy atom. The first-order valence-corrected chi connectivity index (χ1v) is 5.94. The minimum Gasteiger partial charge on any atom is -0.488 e. The van der Waals surface area contributed by atoms with E-state index in [4.69, 9.17) is 9.84 Å². The van der Waals surface area contributed by atoms with Crippen LogP contribution in [0.2, 0.25) is 0 Å². The van der Waals surface area contributed by atoms with Crippen molar-refractivity contribution in [1.29, 1.82) is 0 Å². The lowest BCUT2D eigenvalue weighted by molar-refractivity contribution is -0.137. The minimum absolute atomic E-state index is 0.0727. The van der Waals surface area contributed by atoms with E-state index in [1.807, 2.05) is 0 Å². The third-order valence-corrected chi connectivity index (χ3v) is 2.92. The van der Waals surface area contributed by atoms with Crippen molar-refractivity contribution >= 4 is 17.6 Å². The fraction of sp³-hybridized carbons (Fsp3) is 0.385. The monoisotopic (exact) mass is 265 g/mol. The van der Waals surface area contributed by atoms with Gasteiger partial charge < -0.3 is 19.9 Å². The number of carbonyl (C=O) groups is 2. The summed E-state index contributed by atoms with van der Waals surface area (Å²) >= 11 is 0. The molecule has 102 valence electrons. The smallest absolute Gasteiger partial charge is 0.341 e. The number of benzene rings is 1. The third-order valence-electron chi connectivity index (χ3n) is 2.92. The van der Waals surface area contributed by atoms with E-state index in [0.717, 1.165) is 0 Å². The highest BCUT2D eigenvalue weighted by Gasteiger charge is 2.24. The van der Waals surface area contributed by atoms with Gasteiger partial charge in [-0.2, -0.15) is 0 Å². The summed E-state index contributed by atoms with van der Waals surface area (Å²) in [7, 11) is 1.31. The molecule has 1 heterocycles. The molecule has 2 rings (SSSR count). The van der Waals surface area contributed by atoms with Crippen LogP contribution in [0.5, 0.6) is 5.75 Å². The van der Waals surface area contributed by atoms with Crippen molar-refractivity contribution in [3.8, 4) is 5.75 Å². The van der Waals surface area contributed by atoms with Gasteiger partial charge in [0.1, 0.15) is 12.2 Å². The number of rotatable bonds is 4. The second-order valence-corrected chi connectivity index (χ2v) is 4.26. The molecule has 1 atom stereocenters. The van der Waals surface area contributed by atoms with Gasteiger partial charge in [0.15, 0.2) is 5.75 Å². The number of carboxylic acids is 1. The molecule has 1 aromatic carbocycles. The second-order valence-electron chi connectivity index (χ2n) is 4.26. The zero-order valence-corrected chi connectivity index (χ0v) is 10.5. The fourth-order valence-electron chi connectivity index (χ4n) is 1.98. The van der Waals surface area contributed by atoms with Gasteiger partial charge in [-0.05, 0) is 18.6 Å². The average Bonchev–Trinajstić information content (AvgIpc) is 2.43. The minimum atomic E-state index is -0.837. The number of aliphatic carboxylic acids is 1. The zero-order valence-electron chi connectivity index (χ0n) is 10.5. The second kappa shape index (κ2) is 5.60. The van der Waals surface area contributed by atoms with E-state index in [0.29, 0.717) is 30.0 Å². The van der Waals surface area contributed by atoms with Crippen molar-refractivity contribution in [2.75, 3.05) is 19.0 Å². The van der Waals surface area contributed by atoms with Gasteiger partial charge in [-0.3, -0.25) is 4.79 Å². The Balaban J connectivity index is 2.13. The van der Waals surface area contributed by atoms with Gasteiger partial charge in [0, 0.05) is 6.42 Å². The van der Waals surface area contributed by atoms with E-state index in [-0.39, 0.29) is 12.5 Å². The number of anilines is 1. The fourth-order valence-corrected chi connectivity index (χ4v) is 1.98. The summed E-state index contributed by atoms with van der Waals surface area (Å²) < 4.78 is 10.2. The Kier molecular flexibility index (Phi) is 3.89. The lowest BCUT2D eigenvalue weighted by Gasteiger charge is -2.28. The molecular formula is C13H15NO5. The molecule has 2 N–H and O–H groups in total. The van der Waals surface area contributed by atoms with E-state index in [9.17, 15) is 9.59 Å². The predicted octanol–water partition coefficient (Wildman–Crippen LogP) is 1.51. The first-order chi connectivity index (χ1) is 9.11. The molecule has 0 saturated carbocycles. The molecule has 0 fully saturated rings. The number of fused-ring (bicyclic) bond motifs is 1. The summed E-state index contributed by atoms with van der Waals surface area (Å²) in [5, 5.41) is 11.8. The molecule has 1 aliphatic heterocycles. The maximum Gasteiger partial charge on any atom is 0.341 e. The first-order valence-electron chi connectivity index (χ1n) is 5.94. The van der Waals surface area contributed by atoms with Crippen LogP contribution in [0, 0.1) is 0 Å². The third kappa shape index (κ3) is 2.96. The number of ether oxygens (including phenoxy) is 2. The molecule has 6 nitrogen and oxygen atoms in total. The molecule has 0 amide bonds. The molecule has 1 aromatic rings. The normalized spacial score (nSPS) is 16.8. The van der Waals surface area contributed by atoms with Crippen molar-refractivity contribution in [3.05, 3.63) is 23.8 Å². The van der Waals surface area contributed by atoms with Crippen molar-refractivity contribution in [2.24, 2.45) is 0 Å². The SMILES string of the molecule is COC(=O)c1cccc2c1OCC(CCC(=O)O)N2. The maximum atomic E-state index is 11.6. The van der Waals surface area contributed by atoms with E-state index in [1.165, 1.54) is 7.11 Å². The van der Waals surface area contributed by atoms with Gasteiger partial charge in [0.05, 0.1) is 18.8 Å². The maximum absolute atomic E-state index is 11.6.